The van der Waals surface area contributed by atoms with Crippen LogP contribution in [0.1, 0.15) is 42.5 Å². The number of carbonyl (C=O) groups excluding carboxylic acids is 1. The van der Waals surface area contributed by atoms with Gasteiger partial charge in [-0.1, -0.05) is 31.4 Å². The second-order valence-corrected chi connectivity index (χ2v) is 4.82. The van der Waals surface area contributed by atoms with Crippen LogP contribution in [0.15, 0.2) is 29.4 Å². The summed E-state index contributed by atoms with van der Waals surface area (Å²) >= 11 is 0. The van der Waals surface area contributed by atoms with Crippen LogP contribution in [0.3, 0.4) is 0 Å². The van der Waals surface area contributed by atoms with Crippen LogP contribution in [0.4, 0.5) is 0 Å². The molecule has 0 bridgehead atoms. The molecule has 0 atom stereocenters. The van der Waals surface area contributed by atoms with Crippen LogP contribution in [0.2, 0.25) is 0 Å². The first-order chi connectivity index (χ1) is 9.31. The number of nitrogens with zero attached hydrogens (tertiary/aromatic N) is 1. The lowest BCUT2D eigenvalue weighted by Crippen LogP contribution is -2.19. The van der Waals surface area contributed by atoms with E-state index in [2.05, 4.69) is 10.5 Å². The first kappa shape index (κ1) is 13.6. The molecule has 0 aromatic heterocycles. The van der Waals surface area contributed by atoms with Gasteiger partial charge in [-0.25, -0.2) is 5.43 Å². The molecule has 0 saturated heterocycles. The lowest BCUT2D eigenvalue weighted by molar-refractivity contribution is 0.0952. The minimum absolute atomic E-state index is 0.232. The lowest BCUT2D eigenvalue weighted by Gasteiger charge is -2.16. The summed E-state index contributed by atoms with van der Waals surface area (Å²) in [6, 6.07) is 7.13. The van der Waals surface area contributed by atoms with Gasteiger partial charge >= 0.3 is 0 Å². The van der Waals surface area contributed by atoms with Gasteiger partial charge in [-0.15, -0.1) is 0 Å². The Morgan fingerprint density at radius 1 is 1.32 bits per heavy atom. The quantitative estimate of drug-likeness (QED) is 0.668. The van der Waals surface area contributed by atoms with Gasteiger partial charge in [0.2, 0.25) is 0 Å². The number of amides is 1. The Labute approximate surface area is 113 Å². The van der Waals surface area contributed by atoms with E-state index >= 15 is 0 Å². The molecule has 1 N–H and O–H groups in total. The molecule has 1 aromatic carbocycles. The third-order valence-electron chi connectivity index (χ3n) is 3.45. The van der Waals surface area contributed by atoms with Gasteiger partial charge < -0.3 is 4.74 Å². The second kappa shape index (κ2) is 6.92. The van der Waals surface area contributed by atoms with Crippen LogP contribution in [0.25, 0.3) is 0 Å². The van der Waals surface area contributed by atoms with E-state index < -0.39 is 0 Å². The smallest absolute Gasteiger partial charge is 0.275 e. The van der Waals surface area contributed by atoms with Crippen molar-refractivity contribution in [2.45, 2.75) is 32.1 Å². The van der Waals surface area contributed by atoms with Crippen molar-refractivity contribution in [3.8, 4) is 5.75 Å². The average molecular weight is 260 g/mol. The van der Waals surface area contributed by atoms with E-state index in [9.17, 15) is 4.79 Å². The summed E-state index contributed by atoms with van der Waals surface area (Å²) in [7, 11) is 1.55. The Hall–Kier alpha value is -1.84. The molecule has 1 amide bonds. The van der Waals surface area contributed by atoms with Gasteiger partial charge in [0.1, 0.15) is 5.75 Å². The number of hydrogen-bond acceptors (Lipinski definition) is 3. The van der Waals surface area contributed by atoms with E-state index in [1.807, 2.05) is 18.3 Å². The van der Waals surface area contributed by atoms with Crippen LogP contribution < -0.4 is 10.2 Å². The highest BCUT2D eigenvalue weighted by molar-refractivity contribution is 5.97. The highest BCUT2D eigenvalue weighted by atomic mass is 16.5. The molecule has 1 aliphatic rings. The highest BCUT2D eigenvalue weighted by Gasteiger charge is 2.12. The zero-order chi connectivity index (χ0) is 13.5. The summed E-state index contributed by atoms with van der Waals surface area (Å²) in [6.45, 7) is 0. The number of ether oxygens (including phenoxy) is 1. The summed E-state index contributed by atoms with van der Waals surface area (Å²) in [5.41, 5.74) is 3.08. The molecule has 1 fully saturated rings. The van der Waals surface area contributed by atoms with Crippen molar-refractivity contribution in [2.75, 3.05) is 7.11 Å². The third-order valence-corrected chi connectivity index (χ3v) is 3.45. The van der Waals surface area contributed by atoms with Gasteiger partial charge in [0.05, 0.1) is 12.7 Å². The first-order valence-corrected chi connectivity index (χ1v) is 6.78. The average Bonchev–Trinajstić information content (AvgIpc) is 2.48. The van der Waals surface area contributed by atoms with Crippen molar-refractivity contribution in [2.24, 2.45) is 11.0 Å². The molecule has 0 heterocycles. The van der Waals surface area contributed by atoms with Crippen molar-refractivity contribution >= 4 is 12.1 Å². The number of carbonyl (C=O) groups is 1. The van der Waals surface area contributed by atoms with Crippen molar-refractivity contribution in [1.29, 1.82) is 0 Å². The zero-order valence-corrected chi connectivity index (χ0v) is 11.3. The topological polar surface area (TPSA) is 50.7 Å². The number of methoxy groups -OCH3 is 1. The maximum atomic E-state index is 12.0. The number of rotatable bonds is 4. The van der Waals surface area contributed by atoms with Gasteiger partial charge in [0.15, 0.2) is 0 Å². The van der Waals surface area contributed by atoms with Gasteiger partial charge in [0.25, 0.3) is 5.91 Å². The maximum absolute atomic E-state index is 12.0. The molecule has 0 unspecified atom stereocenters. The van der Waals surface area contributed by atoms with E-state index in [4.69, 9.17) is 4.74 Å². The van der Waals surface area contributed by atoms with Crippen LogP contribution in [-0.4, -0.2) is 19.2 Å². The van der Waals surface area contributed by atoms with E-state index in [-0.39, 0.29) is 5.91 Å². The van der Waals surface area contributed by atoms with E-state index in [1.165, 1.54) is 32.1 Å². The van der Waals surface area contributed by atoms with E-state index in [0.29, 0.717) is 17.2 Å². The minimum atomic E-state index is -0.232. The number of nitrogens with one attached hydrogen (secondary N) is 1. The summed E-state index contributed by atoms with van der Waals surface area (Å²) in [5, 5.41) is 4.07. The lowest BCUT2D eigenvalue weighted by atomic mass is 9.90. The molecule has 102 valence electrons. The van der Waals surface area contributed by atoms with Crippen LogP contribution in [0.5, 0.6) is 5.75 Å². The first-order valence-electron chi connectivity index (χ1n) is 6.78. The standard InChI is InChI=1S/C15H20N2O2/c1-19-14-10-6-5-9-13(14)15(18)17-16-11-12-7-3-2-4-8-12/h5-6,9-12H,2-4,7-8H2,1H3,(H,17,18). The minimum Gasteiger partial charge on any atom is -0.496 e. The Kier molecular flexibility index (Phi) is 4.95. The highest BCUT2D eigenvalue weighted by Crippen LogP contribution is 2.21. The molecule has 1 aromatic rings. The van der Waals surface area contributed by atoms with Crippen LogP contribution in [0, 0.1) is 5.92 Å². The molecular formula is C15H20N2O2. The predicted octanol–water partition coefficient (Wildman–Crippen LogP) is 2.99. The second-order valence-electron chi connectivity index (χ2n) is 4.82. The molecule has 4 nitrogen and oxygen atoms in total. The number of benzene rings is 1. The SMILES string of the molecule is COc1ccccc1C(=O)NN=CC1CCCCC1. The fourth-order valence-electron chi connectivity index (χ4n) is 2.38. The molecule has 0 spiro atoms. The molecule has 1 saturated carbocycles. The monoisotopic (exact) mass is 260 g/mol. The van der Waals surface area contributed by atoms with Crippen LogP contribution in [-0.2, 0) is 0 Å². The molecule has 2 rings (SSSR count). The summed E-state index contributed by atoms with van der Waals surface area (Å²) in [6.07, 6.45) is 8.06. The van der Waals surface area contributed by atoms with Gasteiger partial charge in [-0.3, -0.25) is 4.79 Å². The van der Waals surface area contributed by atoms with E-state index in [0.717, 1.165) is 0 Å². The summed E-state index contributed by atoms with van der Waals surface area (Å²) in [4.78, 5) is 12.0. The Morgan fingerprint density at radius 2 is 2.05 bits per heavy atom. The van der Waals surface area contributed by atoms with E-state index in [1.54, 1.807) is 19.2 Å². The maximum Gasteiger partial charge on any atom is 0.275 e. The Balaban J connectivity index is 1.91. The van der Waals surface area contributed by atoms with Crippen LogP contribution >= 0.6 is 0 Å². The van der Waals surface area contributed by atoms with Crippen molar-refractivity contribution in [3.63, 3.8) is 0 Å². The molecular weight excluding hydrogens is 240 g/mol. The van der Waals surface area contributed by atoms with Gasteiger partial charge in [0, 0.05) is 6.21 Å². The third kappa shape index (κ3) is 3.81. The Bertz CT molecular complexity index is 451. The molecule has 1 aliphatic carbocycles. The van der Waals surface area contributed by atoms with Gasteiger partial charge in [-0.05, 0) is 30.9 Å². The largest absolute Gasteiger partial charge is 0.496 e. The molecule has 4 heteroatoms. The van der Waals surface area contributed by atoms with Crippen molar-refractivity contribution < 1.29 is 9.53 Å². The molecule has 19 heavy (non-hydrogen) atoms. The number of hydrazone groups is 1. The van der Waals surface area contributed by atoms with Crippen molar-refractivity contribution in [3.05, 3.63) is 29.8 Å². The summed E-state index contributed by atoms with van der Waals surface area (Å²) < 4.78 is 5.15. The zero-order valence-electron chi connectivity index (χ0n) is 11.3. The molecule has 0 radical (unpaired) electrons. The van der Waals surface area contributed by atoms with Gasteiger partial charge in [-0.2, -0.15) is 5.10 Å². The Morgan fingerprint density at radius 3 is 2.79 bits per heavy atom. The number of para-hydroxylation sites is 1. The molecule has 0 aliphatic heterocycles. The fraction of sp³-hybridized carbons (Fsp3) is 0.467. The number of hydrogen-bond donors (Lipinski definition) is 1. The normalized spacial score (nSPS) is 16.5. The van der Waals surface area contributed by atoms with Crippen molar-refractivity contribution in [1.82, 2.24) is 5.43 Å². The fourth-order valence-corrected chi connectivity index (χ4v) is 2.38. The summed E-state index contributed by atoms with van der Waals surface area (Å²) in [5.74, 6) is 0.837. The predicted molar refractivity (Wildman–Crippen MR) is 75.5 cm³/mol.